The monoisotopic (exact) mass is 256 g/mol. The second kappa shape index (κ2) is 6.73. The lowest BCUT2D eigenvalue weighted by molar-refractivity contribution is -0.144. The number of hydrogen-bond acceptors (Lipinski definition) is 3. The van der Waals surface area contributed by atoms with Crippen molar-refractivity contribution >= 4 is 11.9 Å². The van der Waals surface area contributed by atoms with Gasteiger partial charge in [0.15, 0.2) is 0 Å². The number of amides is 1. The fraction of sp³-hybridized carbons (Fsp3) is 0.846. The van der Waals surface area contributed by atoms with Crippen molar-refractivity contribution in [2.75, 3.05) is 0 Å². The molecule has 3 atom stereocenters. The van der Waals surface area contributed by atoms with Crippen LogP contribution in [-0.2, 0) is 9.59 Å². The number of nitrogens with two attached hydrogens (primary N) is 1. The summed E-state index contributed by atoms with van der Waals surface area (Å²) >= 11 is 0. The summed E-state index contributed by atoms with van der Waals surface area (Å²) in [6.45, 7) is 4.02. The zero-order chi connectivity index (χ0) is 13.7. The molecule has 0 spiro atoms. The van der Waals surface area contributed by atoms with Crippen LogP contribution < -0.4 is 11.1 Å². The fourth-order valence-corrected chi connectivity index (χ4v) is 2.50. The standard InChI is InChI=1S/C13H24N2O3/c1-8(2)7-10(14)12(16)15-11-6-4-3-5-9(11)13(17)18/h8-11H,3-7,14H2,1-2H3,(H,15,16)(H,17,18)/t9?,10-,11?/m0/s1. The third-order valence-corrected chi connectivity index (χ3v) is 3.47. The molecule has 0 bridgehead atoms. The molecular formula is C13H24N2O3. The van der Waals surface area contributed by atoms with Crippen LogP contribution >= 0.6 is 0 Å². The molecular weight excluding hydrogens is 232 g/mol. The van der Waals surface area contributed by atoms with E-state index in [0.29, 0.717) is 18.8 Å². The first kappa shape index (κ1) is 15.0. The maximum atomic E-state index is 11.9. The molecule has 2 unspecified atom stereocenters. The molecule has 1 rings (SSSR count). The summed E-state index contributed by atoms with van der Waals surface area (Å²) in [4.78, 5) is 23.0. The third kappa shape index (κ3) is 4.29. The number of carboxylic acid groups (broad SMARTS) is 1. The molecule has 1 amide bonds. The largest absolute Gasteiger partial charge is 0.481 e. The number of rotatable bonds is 5. The van der Waals surface area contributed by atoms with Crippen molar-refractivity contribution in [3.05, 3.63) is 0 Å². The van der Waals surface area contributed by atoms with E-state index in [1.165, 1.54) is 0 Å². The highest BCUT2D eigenvalue weighted by Gasteiger charge is 2.32. The number of aliphatic carboxylic acids is 1. The van der Waals surface area contributed by atoms with Crippen LogP contribution in [0, 0.1) is 11.8 Å². The molecule has 0 aliphatic heterocycles. The van der Waals surface area contributed by atoms with Gasteiger partial charge in [0.2, 0.25) is 5.91 Å². The van der Waals surface area contributed by atoms with Gasteiger partial charge in [-0.2, -0.15) is 0 Å². The van der Waals surface area contributed by atoms with Crippen LogP contribution in [0.1, 0.15) is 46.0 Å². The van der Waals surface area contributed by atoms with E-state index in [4.69, 9.17) is 10.8 Å². The molecule has 104 valence electrons. The fourth-order valence-electron chi connectivity index (χ4n) is 2.50. The molecule has 1 saturated carbocycles. The Balaban J connectivity index is 2.53. The SMILES string of the molecule is CC(C)C[C@H](N)C(=O)NC1CCCCC1C(=O)O. The number of nitrogens with one attached hydrogen (secondary N) is 1. The van der Waals surface area contributed by atoms with E-state index in [2.05, 4.69) is 5.32 Å². The summed E-state index contributed by atoms with van der Waals surface area (Å²) < 4.78 is 0. The normalized spacial score (nSPS) is 25.8. The molecule has 1 aliphatic rings. The minimum absolute atomic E-state index is 0.221. The highest BCUT2D eigenvalue weighted by molar-refractivity contribution is 5.82. The van der Waals surface area contributed by atoms with Crippen molar-refractivity contribution in [3.63, 3.8) is 0 Å². The van der Waals surface area contributed by atoms with Gasteiger partial charge >= 0.3 is 5.97 Å². The maximum Gasteiger partial charge on any atom is 0.308 e. The lowest BCUT2D eigenvalue weighted by Gasteiger charge is -2.30. The molecule has 0 radical (unpaired) electrons. The maximum absolute atomic E-state index is 11.9. The quantitative estimate of drug-likeness (QED) is 0.687. The first-order chi connectivity index (χ1) is 8.41. The van der Waals surface area contributed by atoms with Gasteiger partial charge in [-0.15, -0.1) is 0 Å². The minimum Gasteiger partial charge on any atom is -0.481 e. The lowest BCUT2D eigenvalue weighted by atomic mass is 9.84. The molecule has 1 fully saturated rings. The van der Waals surface area contributed by atoms with Crippen LogP contribution in [0.15, 0.2) is 0 Å². The Kier molecular flexibility index (Phi) is 5.59. The van der Waals surface area contributed by atoms with Gasteiger partial charge in [-0.1, -0.05) is 26.7 Å². The van der Waals surface area contributed by atoms with Gasteiger partial charge in [-0.05, 0) is 25.2 Å². The molecule has 18 heavy (non-hydrogen) atoms. The average Bonchev–Trinajstić information content (AvgIpc) is 2.28. The first-order valence-electron chi connectivity index (χ1n) is 6.70. The molecule has 5 nitrogen and oxygen atoms in total. The Morgan fingerprint density at radius 1 is 1.33 bits per heavy atom. The molecule has 0 saturated heterocycles. The smallest absolute Gasteiger partial charge is 0.308 e. The van der Waals surface area contributed by atoms with Gasteiger partial charge in [0, 0.05) is 6.04 Å². The first-order valence-corrected chi connectivity index (χ1v) is 6.70. The third-order valence-electron chi connectivity index (χ3n) is 3.47. The summed E-state index contributed by atoms with van der Waals surface area (Å²) in [5.41, 5.74) is 5.80. The van der Waals surface area contributed by atoms with Crippen molar-refractivity contribution < 1.29 is 14.7 Å². The van der Waals surface area contributed by atoms with Gasteiger partial charge in [0.05, 0.1) is 12.0 Å². The molecule has 0 aromatic rings. The van der Waals surface area contributed by atoms with Crippen LogP contribution in [0.2, 0.25) is 0 Å². The van der Waals surface area contributed by atoms with Crippen LogP contribution in [0.4, 0.5) is 0 Å². The average molecular weight is 256 g/mol. The van der Waals surface area contributed by atoms with E-state index in [0.717, 1.165) is 19.3 Å². The molecule has 0 aromatic heterocycles. The molecule has 4 N–H and O–H groups in total. The van der Waals surface area contributed by atoms with E-state index < -0.39 is 17.9 Å². The Morgan fingerprint density at radius 2 is 1.94 bits per heavy atom. The topological polar surface area (TPSA) is 92.4 Å². The van der Waals surface area contributed by atoms with Gasteiger partial charge in [-0.3, -0.25) is 9.59 Å². The van der Waals surface area contributed by atoms with Crippen LogP contribution in [0.5, 0.6) is 0 Å². The predicted octanol–water partition coefficient (Wildman–Crippen LogP) is 1.12. The van der Waals surface area contributed by atoms with Crippen LogP contribution in [0.3, 0.4) is 0 Å². The number of carbonyl (C=O) groups excluding carboxylic acids is 1. The Labute approximate surface area is 108 Å². The Bertz CT molecular complexity index is 305. The number of hydrogen-bond donors (Lipinski definition) is 3. The van der Waals surface area contributed by atoms with Crippen molar-refractivity contribution in [2.45, 2.75) is 58.0 Å². The van der Waals surface area contributed by atoms with Crippen molar-refractivity contribution in [2.24, 2.45) is 17.6 Å². The molecule has 0 heterocycles. The zero-order valence-corrected chi connectivity index (χ0v) is 11.2. The predicted molar refractivity (Wildman–Crippen MR) is 69.0 cm³/mol. The molecule has 0 aromatic carbocycles. The highest BCUT2D eigenvalue weighted by Crippen LogP contribution is 2.24. The summed E-state index contributed by atoms with van der Waals surface area (Å²) in [5, 5.41) is 11.9. The lowest BCUT2D eigenvalue weighted by Crippen LogP contribution is -2.50. The van der Waals surface area contributed by atoms with E-state index in [1.807, 2.05) is 13.8 Å². The summed E-state index contributed by atoms with van der Waals surface area (Å²) in [6.07, 6.45) is 3.88. The second-order valence-corrected chi connectivity index (χ2v) is 5.58. The summed E-state index contributed by atoms with van der Waals surface area (Å²) in [6, 6.07) is -0.802. The minimum atomic E-state index is -0.822. The van der Waals surface area contributed by atoms with Gasteiger partial charge in [0.1, 0.15) is 0 Å². The van der Waals surface area contributed by atoms with Crippen LogP contribution in [-0.4, -0.2) is 29.1 Å². The van der Waals surface area contributed by atoms with Crippen molar-refractivity contribution in [1.82, 2.24) is 5.32 Å². The van der Waals surface area contributed by atoms with E-state index in [-0.39, 0.29) is 11.9 Å². The number of carbonyl (C=O) groups is 2. The Hall–Kier alpha value is -1.10. The summed E-state index contributed by atoms with van der Waals surface area (Å²) in [7, 11) is 0. The van der Waals surface area contributed by atoms with Gasteiger partial charge < -0.3 is 16.2 Å². The molecule has 1 aliphatic carbocycles. The number of carboxylic acids is 1. The van der Waals surface area contributed by atoms with Crippen LogP contribution in [0.25, 0.3) is 0 Å². The van der Waals surface area contributed by atoms with Gasteiger partial charge in [-0.25, -0.2) is 0 Å². The Morgan fingerprint density at radius 3 is 2.50 bits per heavy atom. The second-order valence-electron chi connectivity index (χ2n) is 5.58. The zero-order valence-electron chi connectivity index (χ0n) is 11.2. The van der Waals surface area contributed by atoms with Crippen molar-refractivity contribution in [1.29, 1.82) is 0 Å². The van der Waals surface area contributed by atoms with E-state index in [1.54, 1.807) is 0 Å². The van der Waals surface area contributed by atoms with E-state index >= 15 is 0 Å². The highest BCUT2D eigenvalue weighted by atomic mass is 16.4. The summed E-state index contributed by atoms with van der Waals surface area (Å²) in [5.74, 6) is -1.15. The van der Waals surface area contributed by atoms with E-state index in [9.17, 15) is 9.59 Å². The molecule has 5 heteroatoms. The van der Waals surface area contributed by atoms with Gasteiger partial charge in [0.25, 0.3) is 0 Å². The van der Waals surface area contributed by atoms with Crippen molar-refractivity contribution in [3.8, 4) is 0 Å².